The molecule has 0 bridgehead atoms. The van der Waals surface area contributed by atoms with Gasteiger partial charge in [0.15, 0.2) is 0 Å². The summed E-state index contributed by atoms with van der Waals surface area (Å²) >= 11 is 11.0. The minimum atomic E-state index is 0.406. The molecular formula is C12H16ClNOS. The van der Waals surface area contributed by atoms with Crippen LogP contribution in [0.2, 0.25) is 5.02 Å². The average molecular weight is 258 g/mol. The van der Waals surface area contributed by atoms with Crippen molar-refractivity contribution in [3.8, 4) is 5.75 Å². The van der Waals surface area contributed by atoms with Crippen molar-refractivity contribution in [3.05, 3.63) is 28.8 Å². The minimum absolute atomic E-state index is 0.406. The molecule has 0 saturated carbocycles. The van der Waals surface area contributed by atoms with Gasteiger partial charge in [-0.05, 0) is 30.0 Å². The Kier molecular flexibility index (Phi) is 5.03. The predicted octanol–water partition coefficient (Wildman–Crippen LogP) is 3.20. The fraction of sp³-hybridized carbons (Fsp3) is 0.417. The van der Waals surface area contributed by atoms with Crippen molar-refractivity contribution in [2.24, 2.45) is 11.7 Å². The highest BCUT2D eigenvalue weighted by Crippen LogP contribution is 2.25. The van der Waals surface area contributed by atoms with Crippen LogP contribution in [0.4, 0.5) is 0 Å². The predicted molar refractivity (Wildman–Crippen MR) is 72.3 cm³/mol. The summed E-state index contributed by atoms with van der Waals surface area (Å²) in [6, 6.07) is 5.72. The molecule has 4 heteroatoms. The smallest absolute Gasteiger partial charge is 0.120 e. The second-order valence-electron chi connectivity index (χ2n) is 3.94. The number of rotatable bonds is 5. The summed E-state index contributed by atoms with van der Waals surface area (Å²) in [7, 11) is 1.63. The fourth-order valence-electron chi connectivity index (χ4n) is 1.61. The van der Waals surface area contributed by atoms with E-state index >= 15 is 0 Å². The average Bonchev–Trinajstić information content (AvgIpc) is 2.19. The van der Waals surface area contributed by atoms with E-state index in [1.165, 1.54) is 0 Å². The van der Waals surface area contributed by atoms with Crippen molar-refractivity contribution < 1.29 is 4.74 Å². The van der Waals surface area contributed by atoms with Crippen molar-refractivity contribution >= 4 is 28.8 Å². The van der Waals surface area contributed by atoms with Crippen molar-refractivity contribution in [2.45, 2.75) is 19.8 Å². The van der Waals surface area contributed by atoms with E-state index in [9.17, 15) is 0 Å². The summed E-state index contributed by atoms with van der Waals surface area (Å²) in [6.07, 6.45) is 1.62. The van der Waals surface area contributed by atoms with Crippen LogP contribution in [0.25, 0.3) is 0 Å². The lowest BCUT2D eigenvalue weighted by Crippen LogP contribution is -2.14. The molecule has 2 nitrogen and oxygen atoms in total. The van der Waals surface area contributed by atoms with Gasteiger partial charge in [-0.1, -0.05) is 36.8 Å². The van der Waals surface area contributed by atoms with Gasteiger partial charge >= 0.3 is 0 Å². The molecule has 0 amide bonds. The first-order valence-corrected chi connectivity index (χ1v) is 5.92. The van der Waals surface area contributed by atoms with Crippen LogP contribution in [0.15, 0.2) is 18.2 Å². The van der Waals surface area contributed by atoms with Crippen molar-refractivity contribution in [1.29, 1.82) is 0 Å². The minimum Gasteiger partial charge on any atom is -0.497 e. The summed E-state index contributed by atoms with van der Waals surface area (Å²) in [6.45, 7) is 2.11. The molecule has 1 rings (SSSR count). The third kappa shape index (κ3) is 3.99. The zero-order valence-electron chi connectivity index (χ0n) is 9.50. The van der Waals surface area contributed by atoms with E-state index in [0.717, 1.165) is 29.2 Å². The number of hydrogen-bond acceptors (Lipinski definition) is 2. The highest BCUT2D eigenvalue weighted by Gasteiger charge is 2.08. The molecule has 0 spiro atoms. The fourth-order valence-corrected chi connectivity index (χ4v) is 2.14. The van der Waals surface area contributed by atoms with Gasteiger partial charge in [-0.25, -0.2) is 0 Å². The molecule has 0 heterocycles. The first-order valence-electron chi connectivity index (χ1n) is 5.13. The first kappa shape index (κ1) is 13.3. The summed E-state index contributed by atoms with van der Waals surface area (Å²) in [4.78, 5) is 0.553. The third-order valence-corrected chi connectivity index (χ3v) is 2.90. The maximum atomic E-state index is 6.14. The van der Waals surface area contributed by atoms with E-state index in [1.54, 1.807) is 7.11 Å². The number of hydrogen-bond donors (Lipinski definition) is 1. The quantitative estimate of drug-likeness (QED) is 0.823. The maximum absolute atomic E-state index is 6.14. The lowest BCUT2D eigenvalue weighted by molar-refractivity contribution is 0.414. The number of halogens is 1. The Hall–Kier alpha value is -0.800. The summed E-state index contributed by atoms with van der Waals surface area (Å²) < 4.78 is 5.09. The molecule has 1 unspecified atom stereocenters. The SMILES string of the molecule is COc1ccc(CC(C)CC(N)=S)c(Cl)c1. The number of benzene rings is 1. The lowest BCUT2D eigenvalue weighted by atomic mass is 9.98. The van der Waals surface area contributed by atoms with Crippen molar-refractivity contribution in [3.63, 3.8) is 0 Å². The Bertz CT molecular complexity index is 381. The van der Waals surface area contributed by atoms with Crippen LogP contribution in [-0.4, -0.2) is 12.1 Å². The summed E-state index contributed by atoms with van der Waals surface area (Å²) in [5.41, 5.74) is 6.61. The van der Waals surface area contributed by atoms with Gasteiger partial charge < -0.3 is 10.5 Å². The zero-order chi connectivity index (χ0) is 12.1. The van der Waals surface area contributed by atoms with Crippen LogP contribution in [-0.2, 0) is 6.42 Å². The topological polar surface area (TPSA) is 35.2 Å². The second kappa shape index (κ2) is 6.06. The highest BCUT2D eigenvalue weighted by atomic mass is 35.5. The van der Waals surface area contributed by atoms with Crippen LogP contribution in [0.3, 0.4) is 0 Å². The van der Waals surface area contributed by atoms with E-state index in [2.05, 4.69) is 6.92 Å². The number of ether oxygens (including phenoxy) is 1. The second-order valence-corrected chi connectivity index (χ2v) is 4.87. The van der Waals surface area contributed by atoms with E-state index < -0.39 is 0 Å². The Balaban J connectivity index is 2.70. The first-order chi connectivity index (χ1) is 7.52. The van der Waals surface area contributed by atoms with E-state index in [4.69, 9.17) is 34.3 Å². The molecule has 1 aromatic rings. The van der Waals surface area contributed by atoms with Gasteiger partial charge in [0.25, 0.3) is 0 Å². The molecule has 0 saturated heterocycles. The largest absolute Gasteiger partial charge is 0.497 e. The van der Waals surface area contributed by atoms with Crippen molar-refractivity contribution in [2.75, 3.05) is 7.11 Å². The van der Waals surface area contributed by atoms with Crippen LogP contribution in [0, 0.1) is 5.92 Å². The molecule has 88 valence electrons. The monoisotopic (exact) mass is 257 g/mol. The van der Waals surface area contributed by atoms with Gasteiger partial charge in [-0.15, -0.1) is 0 Å². The molecule has 0 fully saturated rings. The molecule has 0 aliphatic carbocycles. The van der Waals surface area contributed by atoms with Gasteiger partial charge in [-0.3, -0.25) is 0 Å². The molecule has 16 heavy (non-hydrogen) atoms. The normalized spacial score (nSPS) is 12.2. The van der Waals surface area contributed by atoms with Gasteiger partial charge in [-0.2, -0.15) is 0 Å². The van der Waals surface area contributed by atoms with Crippen LogP contribution < -0.4 is 10.5 Å². The molecule has 1 aromatic carbocycles. The Morgan fingerprint density at radius 3 is 2.75 bits per heavy atom. The molecular weight excluding hydrogens is 242 g/mol. The van der Waals surface area contributed by atoms with Gasteiger partial charge in [0.1, 0.15) is 5.75 Å². The molecule has 0 aliphatic heterocycles. The molecule has 2 N–H and O–H groups in total. The molecule has 1 atom stereocenters. The van der Waals surface area contributed by atoms with E-state index in [-0.39, 0.29) is 0 Å². The van der Waals surface area contributed by atoms with Crippen molar-refractivity contribution in [1.82, 2.24) is 0 Å². The van der Waals surface area contributed by atoms with E-state index in [1.807, 2.05) is 18.2 Å². The molecule has 0 aromatic heterocycles. The Morgan fingerprint density at radius 1 is 1.56 bits per heavy atom. The van der Waals surface area contributed by atoms with Gasteiger partial charge in [0.05, 0.1) is 12.1 Å². The van der Waals surface area contributed by atoms with Crippen LogP contribution in [0.1, 0.15) is 18.9 Å². The zero-order valence-corrected chi connectivity index (χ0v) is 11.1. The van der Waals surface area contributed by atoms with Gasteiger partial charge in [0, 0.05) is 11.4 Å². The van der Waals surface area contributed by atoms with Crippen LogP contribution in [0.5, 0.6) is 5.75 Å². The number of methoxy groups -OCH3 is 1. The maximum Gasteiger partial charge on any atom is 0.120 e. The lowest BCUT2D eigenvalue weighted by Gasteiger charge is -2.12. The highest BCUT2D eigenvalue weighted by molar-refractivity contribution is 7.80. The molecule has 0 radical (unpaired) electrons. The summed E-state index contributed by atoms with van der Waals surface area (Å²) in [5.74, 6) is 1.18. The standard InChI is InChI=1S/C12H16ClNOS/c1-8(6-12(14)16)5-9-3-4-10(15-2)7-11(9)13/h3-4,7-8H,5-6H2,1-2H3,(H2,14,16). The summed E-state index contributed by atoms with van der Waals surface area (Å²) in [5, 5.41) is 0.731. The Labute approximate surface area is 107 Å². The Morgan fingerprint density at radius 2 is 2.25 bits per heavy atom. The molecule has 0 aliphatic rings. The van der Waals surface area contributed by atoms with E-state index in [0.29, 0.717) is 10.9 Å². The third-order valence-electron chi connectivity index (χ3n) is 2.38. The van der Waals surface area contributed by atoms with Gasteiger partial charge in [0.2, 0.25) is 0 Å². The number of nitrogens with two attached hydrogens (primary N) is 1. The number of thiocarbonyl (C=S) groups is 1. The van der Waals surface area contributed by atoms with Crippen LogP contribution >= 0.6 is 23.8 Å².